The van der Waals surface area contributed by atoms with Gasteiger partial charge in [0.25, 0.3) is 5.91 Å². The Labute approximate surface area is 102 Å². The monoisotopic (exact) mass is 243 g/mol. The lowest BCUT2D eigenvalue weighted by atomic mass is 10.1. The van der Waals surface area contributed by atoms with E-state index in [1.807, 2.05) is 0 Å². The molecule has 1 atom stereocenters. The van der Waals surface area contributed by atoms with E-state index in [9.17, 15) is 14.7 Å². The first-order valence-corrected chi connectivity index (χ1v) is 5.34. The lowest BCUT2D eigenvalue weighted by Gasteiger charge is -2.20. The first-order valence-electron chi connectivity index (χ1n) is 5.34. The summed E-state index contributed by atoms with van der Waals surface area (Å²) in [6, 6.07) is 8.53. The van der Waals surface area contributed by atoms with E-state index in [0.29, 0.717) is 11.1 Å². The summed E-state index contributed by atoms with van der Waals surface area (Å²) < 4.78 is 1.46. The molecule has 1 unspecified atom stereocenters. The molecule has 6 heteroatoms. The first-order chi connectivity index (χ1) is 8.70. The van der Waals surface area contributed by atoms with Crippen LogP contribution in [-0.2, 0) is 0 Å². The van der Waals surface area contributed by atoms with Crippen molar-refractivity contribution in [1.82, 2.24) is 14.7 Å². The Balaban J connectivity index is 2.20. The maximum absolute atomic E-state index is 12.0. The van der Waals surface area contributed by atoms with Gasteiger partial charge in [-0.25, -0.2) is 14.4 Å². The second kappa shape index (κ2) is 3.69. The number of carbonyl (C=O) groups is 2. The van der Waals surface area contributed by atoms with Gasteiger partial charge in [-0.2, -0.15) is 5.10 Å². The zero-order valence-corrected chi connectivity index (χ0v) is 9.22. The van der Waals surface area contributed by atoms with Crippen molar-refractivity contribution >= 4 is 12.0 Å². The summed E-state index contributed by atoms with van der Waals surface area (Å²) in [5.74, 6) is -0.515. The van der Waals surface area contributed by atoms with E-state index in [0.717, 1.165) is 4.90 Å². The topological polar surface area (TPSA) is 75.4 Å². The van der Waals surface area contributed by atoms with Crippen molar-refractivity contribution in [3.63, 3.8) is 0 Å². The largest absolute Gasteiger partial charge is 0.465 e. The van der Waals surface area contributed by atoms with Crippen LogP contribution in [0.4, 0.5) is 4.79 Å². The molecule has 2 aromatic rings. The Bertz CT molecular complexity index is 621. The summed E-state index contributed by atoms with van der Waals surface area (Å²) in [6.45, 7) is 0. The number of carboxylic acid groups (broad SMARTS) is 1. The van der Waals surface area contributed by atoms with Crippen molar-refractivity contribution in [1.29, 1.82) is 0 Å². The molecular formula is C12H9N3O3. The van der Waals surface area contributed by atoms with Gasteiger partial charge in [-0.1, -0.05) is 18.2 Å². The molecule has 1 aromatic carbocycles. The van der Waals surface area contributed by atoms with E-state index in [2.05, 4.69) is 5.10 Å². The maximum Gasteiger partial charge on any atom is 0.416 e. The molecule has 0 saturated carbocycles. The Morgan fingerprint density at radius 2 is 2.06 bits per heavy atom. The van der Waals surface area contributed by atoms with Gasteiger partial charge in [0.15, 0.2) is 6.17 Å². The van der Waals surface area contributed by atoms with Crippen LogP contribution in [0.25, 0.3) is 0 Å². The van der Waals surface area contributed by atoms with Crippen LogP contribution in [0.1, 0.15) is 22.1 Å². The molecule has 90 valence electrons. The van der Waals surface area contributed by atoms with Crippen molar-refractivity contribution < 1.29 is 14.7 Å². The molecule has 1 aliphatic rings. The van der Waals surface area contributed by atoms with Crippen LogP contribution in [0, 0.1) is 0 Å². The minimum Gasteiger partial charge on any atom is -0.465 e. The summed E-state index contributed by atoms with van der Waals surface area (Å²) in [6.07, 6.45) is 1.18. The predicted molar refractivity (Wildman–Crippen MR) is 61.0 cm³/mol. The second-order valence-corrected chi connectivity index (χ2v) is 3.90. The number of benzene rings is 1. The van der Waals surface area contributed by atoms with Crippen LogP contribution >= 0.6 is 0 Å². The molecule has 1 aliphatic heterocycles. The summed E-state index contributed by atoms with van der Waals surface area (Å²) in [7, 11) is 0. The molecule has 0 fully saturated rings. The Morgan fingerprint density at radius 3 is 2.72 bits per heavy atom. The van der Waals surface area contributed by atoms with E-state index < -0.39 is 18.2 Å². The molecule has 1 N–H and O–H groups in total. The van der Waals surface area contributed by atoms with Crippen molar-refractivity contribution in [3.05, 3.63) is 53.9 Å². The smallest absolute Gasteiger partial charge is 0.416 e. The minimum absolute atomic E-state index is 0.403. The normalized spacial score (nSPS) is 17.9. The van der Waals surface area contributed by atoms with Crippen LogP contribution in [0.2, 0.25) is 0 Å². The van der Waals surface area contributed by atoms with Crippen LogP contribution < -0.4 is 0 Å². The molecule has 6 nitrogen and oxygen atoms in total. The number of rotatable bonds is 1. The van der Waals surface area contributed by atoms with Gasteiger partial charge in [0, 0.05) is 23.5 Å². The van der Waals surface area contributed by atoms with Gasteiger partial charge in [0.1, 0.15) is 0 Å². The van der Waals surface area contributed by atoms with Gasteiger partial charge >= 0.3 is 6.09 Å². The standard InChI is InChI=1S/C12H9N3O3/c16-11-9-5-2-1-4-8(9)10(15(11)12(17)18)14-7-3-6-13-14/h1-7,10H,(H,17,18). The number of nitrogens with zero attached hydrogens (tertiary/aromatic N) is 3. The van der Waals surface area contributed by atoms with Crippen molar-refractivity contribution in [2.45, 2.75) is 6.17 Å². The molecule has 18 heavy (non-hydrogen) atoms. The van der Waals surface area contributed by atoms with E-state index in [4.69, 9.17) is 0 Å². The average Bonchev–Trinajstić information content (AvgIpc) is 2.96. The van der Waals surface area contributed by atoms with Crippen LogP contribution in [0.3, 0.4) is 0 Å². The Morgan fingerprint density at radius 1 is 1.28 bits per heavy atom. The average molecular weight is 243 g/mol. The highest BCUT2D eigenvalue weighted by molar-refractivity contribution is 6.06. The lowest BCUT2D eigenvalue weighted by Crippen LogP contribution is -2.36. The summed E-state index contributed by atoms with van der Waals surface area (Å²) in [5.41, 5.74) is 1.05. The lowest BCUT2D eigenvalue weighted by molar-refractivity contribution is 0.0675. The third kappa shape index (κ3) is 1.32. The Kier molecular flexibility index (Phi) is 2.16. The molecule has 0 aliphatic carbocycles. The van der Waals surface area contributed by atoms with Crippen molar-refractivity contribution in [2.24, 2.45) is 0 Å². The maximum atomic E-state index is 12.0. The quantitative estimate of drug-likeness (QED) is 0.824. The number of aromatic nitrogens is 2. The van der Waals surface area contributed by atoms with E-state index in [1.54, 1.807) is 42.7 Å². The molecule has 3 rings (SSSR count). The van der Waals surface area contributed by atoms with Gasteiger partial charge in [0.2, 0.25) is 0 Å². The van der Waals surface area contributed by atoms with Crippen LogP contribution in [-0.4, -0.2) is 31.8 Å². The fraction of sp³-hybridized carbons (Fsp3) is 0.0833. The fourth-order valence-electron chi connectivity index (χ4n) is 2.17. The van der Waals surface area contributed by atoms with Gasteiger partial charge in [-0.05, 0) is 12.1 Å². The van der Waals surface area contributed by atoms with E-state index >= 15 is 0 Å². The molecule has 0 radical (unpaired) electrons. The fourth-order valence-corrected chi connectivity index (χ4v) is 2.17. The van der Waals surface area contributed by atoms with Crippen molar-refractivity contribution in [2.75, 3.05) is 0 Å². The van der Waals surface area contributed by atoms with Gasteiger partial charge in [-0.3, -0.25) is 4.79 Å². The number of imide groups is 1. The molecule has 1 aromatic heterocycles. The predicted octanol–water partition coefficient (Wildman–Crippen LogP) is 1.56. The SMILES string of the molecule is O=C(O)N1C(=O)c2ccccc2C1n1cccn1. The minimum atomic E-state index is -1.28. The van der Waals surface area contributed by atoms with Crippen LogP contribution in [0.5, 0.6) is 0 Å². The molecule has 0 spiro atoms. The molecule has 0 bridgehead atoms. The highest BCUT2D eigenvalue weighted by Gasteiger charge is 2.41. The molecular weight excluding hydrogens is 234 g/mol. The number of hydrogen-bond donors (Lipinski definition) is 1. The highest BCUT2D eigenvalue weighted by Crippen LogP contribution is 2.33. The second-order valence-electron chi connectivity index (χ2n) is 3.90. The van der Waals surface area contributed by atoms with E-state index in [1.165, 1.54) is 4.68 Å². The third-order valence-corrected chi connectivity index (χ3v) is 2.91. The van der Waals surface area contributed by atoms with Gasteiger partial charge < -0.3 is 5.11 Å². The number of fused-ring (bicyclic) bond motifs is 1. The molecule has 2 amide bonds. The first kappa shape index (κ1) is 10.5. The number of amides is 2. The summed E-state index contributed by atoms with van der Waals surface area (Å²) in [4.78, 5) is 24.1. The van der Waals surface area contributed by atoms with Crippen LogP contribution in [0.15, 0.2) is 42.7 Å². The van der Waals surface area contributed by atoms with Gasteiger partial charge in [-0.15, -0.1) is 0 Å². The Hall–Kier alpha value is -2.63. The van der Waals surface area contributed by atoms with Crippen molar-refractivity contribution in [3.8, 4) is 0 Å². The highest BCUT2D eigenvalue weighted by atomic mass is 16.4. The summed E-state index contributed by atoms with van der Waals surface area (Å²) in [5, 5.41) is 13.2. The number of carbonyl (C=O) groups excluding carboxylic acids is 1. The zero-order valence-electron chi connectivity index (χ0n) is 9.22. The zero-order chi connectivity index (χ0) is 12.7. The summed E-state index contributed by atoms with van der Waals surface area (Å²) >= 11 is 0. The molecule has 2 heterocycles. The number of hydrogen-bond acceptors (Lipinski definition) is 3. The van der Waals surface area contributed by atoms with E-state index in [-0.39, 0.29) is 0 Å². The van der Waals surface area contributed by atoms with Gasteiger partial charge in [0.05, 0.1) is 0 Å². The third-order valence-electron chi connectivity index (χ3n) is 2.91. The molecule has 0 saturated heterocycles.